The predicted molar refractivity (Wildman–Crippen MR) is 94.0 cm³/mol. The fourth-order valence-electron chi connectivity index (χ4n) is 2.18. The van der Waals surface area contributed by atoms with Crippen molar-refractivity contribution in [1.82, 2.24) is 9.55 Å². The average molecular weight is 339 g/mol. The van der Waals surface area contributed by atoms with E-state index in [0.29, 0.717) is 18.1 Å². The van der Waals surface area contributed by atoms with Crippen molar-refractivity contribution in [2.75, 3.05) is 5.73 Å². The number of rotatable bonds is 5. The Labute approximate surface area is 143 Å². The van der Waals surface area contributed by atoms with Crippen molar-refractivity contribution in [1.29, 1.82) is 0 Å². The summed E-state index contributed by atoms with van der Waals surface area (Å²) in [5, 5.41) is 0. The number of H-pyrrole nitrogens is 1. The van der Waals surface area contributed by atoms with E-state index < -0.39 is 11.2 Å². The number of aromatic nitrogens is 2. The van der Waals surface area contributed by atoms with E-state index in [2.05, 4.69) is 4.98 Å². The molecular weight excluding hydrogens is 322 g/mol. The molecule has 3 rings (SSSR count). The highest BCUT2D eigenvalue weighted by molar-refractivity contribution is 5.47. The highest BCUT2D eigenvalue weighted by atomic mass is 16.5. The molecule has 0 unspecified atom stereocenters. The lowest BCUT2D eigenvalue weighted by molar-refractivity contribution is 0.306. The number of ether oxygens (including phenoxy) is 2. The van der Waals surface area contributed by atoms with Gasteiger partial charge >= 0.3 is 5.69 Å². The van der Waals surface area contributed by atoms with Crippen LogP contribution < -0.4 is 26.5 Å². The third-order valence-electron chi connectivity index (χ3n) is 3.62. The third-order valence-corrected chi connectivity index (χ3v) is 3.62. The molecule has 0 fully saturated rings. The number of hydrogen-bond donors (Lipinski definition) is 2. The minimum Gasteiger partial charge on any atom is -0.489 e. The van der Waals surface area contributed by atoms with E-state index in [1.807, 2.05) is 30.3 Å². The molecule has 25 heavy (non-hydrogen) atoms. The van der Waals surface area contributed by atoms with E-state index >= 15 is 0 Å². The molecule has 0 amide bonds. The summed E-state index contributed by atoms with van der Waals surface area (Å²) >= 11 is 0. The van der Waals surface area contributed by atoms with Crippen LogP contribution in [0.15, 0.2) is 64.2 Å². The molecule has 0 bridgehead atoms. The Morgan fingerprint density at radius 3 is 2.32 bits per heavy atom. The van der Waals surface area contributed by atoms with Gasteiger partial charge in [0.2, 0.25) is 5.75 Å². The van der Waals surface area contributed by atoms with E-state index in [9.17, 15) is 9.59 Å². The summed E-state index contributed by atoms with van der Waals surface area (Å²) < 4.78 is 12.3. The van der Waals surface area contributed by atoms with Crippen LogP contribution in [0.25, 0.3) is 0 Å². The molecule has 0 atom stereocenters. The summed E-state index contributed by atoms with van der Waals surface area (Å²) in [6.45, 7) is 0.453. The van der Waals surface area contributed by atoms with Crippen LogP contribution in [0.4, 0.5) is 5.82 Å². The number of aromatic amines is 1. The van der Waals surface area contributed by atoms with Crippen LogP contribution in [0.3, 0.4) is 0 Å². The third kappa shape index (κ3) is 3.72. The van der Waals surface area contributed by atoms with Gasteiger partial charge in [0, 0.05) is 7.05 Å². The Hall–Kier alpha value is -3.48. The van der Waals surface area contributed by atoms with E-state index in [0.717, 1.165) is 10.1 Å². The summed E-state index contributed by atoms with van der Waals surface area (Å²) in [5.74, 6) is 0.902. The number of nitrogens with zero attached hydrogens (tertiary/aromatic N) is 1. The molecule has 0 saturated heterocycles. The molecule has 1 aromatic heterocycles. The van der Waals surface area contributed by atoms with Gasteiger partial charge in [-0.3, -0.25) is 14.3 Å². The number of nitrogens with two attached hydrogens (primary N) is 1. The van der Waals surface area contributed by atoms with Crippen molar-refractivity contribution in [2.45, 2.75) is 6.61 Å². The maximum atomic E-state index is 11.8. The van der Waals surface area contributed by atoms with Gasteiger partial charge in [0.05, 0.1) is 0 Å². The standard InChI is InChI=1S/C18H17N3O4/c1-21-16(19)15(17(22)20-18(21)23)25-14-9-7-13(8-10-14)24-11-12-5-3-2-4-6-12/h2-10H,11,19H2,1H3,(H,20,22,23). The molecule has 3 N–H and O–H groups in total. The van der Waals surface area contributed by atoms with Crippen LogP contribution in [-0.2, 0) is 13.7 Å². The molecule has 7 nitrogen and oxygen atoms in total. The Morgan fingerprint density at radius 1 is 1.00 bits per heavy atom. The zero-order chi connectivity index (χ0) is 17.8. The van der Waals surface area contributed by atoms with Crippen molar-refractivity contribution < 1.29 is 9.47 Å². The molecule has 0 aliphatic rings. The van der Waals surface area contributed by atoms with Crippen LogP contribution >= 0.6 is 0 Å². The minimum atomic E-state index is -0.676. The van der Waals surface area contributed by atoms with Gasteiger partial charge in [-0.2, -0.15) is 0 Å². The lowest BCUT2D eigenvalue weighted by Gasteiger charge is -2.11. The van der Waals surface area contributed by atoms with Gasteiger partial charge in [-0.25, -0.2) is 4.79 Å². The second-order valence-electron chi connectivity index (χ2n) is 5.38. The van der Waals surface area contributed by atoms with Gasteiger partial charge < -0.3 is 15.2 Å². The Bertz CT molecular complexity index is 976. The van der Waals surface area contributed by atoms with E-state index in [4.69, 9.17) is 15.2 Å². The van der Waals surface area contributed by atoms with Crippen molar-refractivity contribution in [2.24, 2.45) is 7.05 Å². The first-order valence-corrected chi connectivity index (χ1v) is 7.58. The van der Waals surface area contributed by atoms with Crippen LogP contribution in [0.5, 0.6) is 17.2 Å². The molecule has 3 aromatic rings. The molecule has 7 heteroatoms. The second kappa shape index (κ2) is 6.96. The highest BCUT2D eigenvalue weighted by Crippen LogP contribution is 2.24. The zero-order valence-electron chi connectivity index (χ0n) is 13.6. The molecule has 128 valence electrons. The molecule has 0 saturated carbocycles. The first-order valence-electron chi connectivity index (χ1n) is 7.58. The predicted octanol–water partition coefficient (Wildman–Crippen LogP) is 2.03. The highest BCUT2D eigenvalue weighted by Gasteiger charge is 2.12. The molecule has 0 radical (unpaired) electrons. The fourth-order valence-corrected chi connectivity index (χ4v) is 2.18. The van der Waals surface area contributed by atoms with Gasteiger partial charge in [-0.15, -0.1) is 0 Å². The summed E-state index contributed by atoms with van der Waals surface area (Å²) in [4.78, 5) is 25.4. The van der Waals surface area contributed by atoms with Gasteiger partial charge in [-0.05, 0) is 29.8 Å². The molecule has 0 aliphatic heterocycles. The first kappa shape index (κ1) is 16.4. The summed E-state index contributed by atoms with van der Waals surface area (Å²) in [6.07, 6.45) is 0. The van der Waals surface area contributed by atoms with E-state index in [1.54, 1.807) is 24.3 Å². The van der Waals surface area contributed by atoms with E-state index in [-0.39, 0.29) is 11.6 Å². The van der Waals surface area contributed by atoms with Crippen molar-refractivity contribution >= 4 is 5.82 Å². The zero-order valence-corrected chi connectivity index (χ0v) is 13.6. The second-order valence-corrected chi connectivity index (χ2v) is 5.38. The number of nitrogen functional groups attached to an aromatic ring is 1. The topological polar surface area (TPSA) is 99.3 Å². The van der Waals surface area contributed by atoms with Crippen LogP contribution in [0, 0.1) is 0 Å². The largest absolute Gasteiger partial charge is 0.489 e. The average Bonchev–Trinajstić information content (AvgIpc) is 2.63. The first-order chi connectivity index (χ1) is 12.0. The Balaban J connectivity index is 1.72. The van der Waals surface area contributed by atoms with Gasteiger partial charge in [0.25, 0.3) is 5.56 Å². The Morgan fingerprint density at radius 2 is 1.64 bits per heavy atom. The van der Waals surface area contributed by atoms with Crippen LogP contribution in [-0.4, -0.2) is 9.55 Å². The van der Waals surface area contributed by atoms with E-state index in [1.165, 1.54) is 7.05 Å². The minimum absolute atomic E-state index is 0.0434. The monoisotopic (exact) mass is 339 g/mol. The van der Waals surface area contributed by atoms with Crippen LogP contribution in [0.2, 0.25) is 0 Å². The molecular formula is C18H17N3O4. The van der Waals surface area contributed by atoms with Crippen molar-refractivity contribution in [3.8, 4) is 17.2 Å². The fraction of sp³-hybridized carbons (Fsp3) is 0.111. The van der Waals surface area contributed by atoms with Crippen LogP contribution in [0.1, 0.15) is 5.56 Å². The molecule has 0 aliphatic carbocycles. The maximum Gasteiger partial charge on any atom is 0.329 e. The quantitative estimate of drug-likeness (QED) is 0.741. The van der Waals surface area contributed by atoms with Crippen molar-refractivity contribution in [3.05, 3.63) is 81.0 Å². The lowest BCUT2D eigenvalue weighted by atomic mass is 10.2. The van der Waals surface area contributed by atoms with Gasteiger partial charge in [0.15, 0.2) is 5.82 Å². The lowest BCUT2D eigenvalue weighted by Crippen LogP contribution is -2.30. The SMILES string of the molecule is Cn1c(N)c(Oc2ccc(OCc3ccccc3)cc2)c(=O)[nH]c1=O. The Kier molecular flexibility index (Phi) is 4.56. The van der Waals surface area contributed by atoms with Crippen molar-refractivity contribution in [3.63, 3.8) is 0 Å². The summed E-state index contributed by atoms with van der Waals surface area (Å²) in [6, 6.07) is 16.6. The molecule has 2 aromatic carbocycles. The number of benzene rings is 2. The number of nitrogens with one attached hydrogen (secondary N) is 1. The number of anilines is 1. The van der Waals surface area contributed by atoms with Gasteiger partial charge in [-0.1, -0.05) is 30.3 Å². The summed E-state index contributed by atoms with van der Waals surface area (Å²) in [5.41, 5.74) is 5.56. The van der Waals surface area contributed by atoms with Gasteiger partial charge in [0.1, 0.15) is 18.1 Å². The number of hydrogen-bond acceptors (Lipinski definition) is 5. The smallest absolute Gasteiger partial charge is 0.329 e. The normalized spacial score (nSPS) is 10.4. The summed E-state index contributed by atoms with van der Waals surface area (Å²) in [7, 11) is 1.45. The molecule has 0 spiro atoms. The molecule has 1 heterocycles. The maximum absolute atomic E-state index is 11.8.